The molecule has 0 unspecified atom stereocenters. The first-order valence-corrected chi connectivity index (χ1v) is 13.7. The van der Waals surface area contributed by atoms with E-state index in [0.717, 1.165) is 33.2 Å². The molecule has 0 aliphatic rings. The molecule has 8 heteroatoms. The van der Waals surface area contributed by atoms with Gasteiger partial charge in [0.25, 0.3) is 0 Å². The van der Waals surface area contributed by atoms with Gasteiger partial charge < -0.3 is 10.2 Å². The zero-order chi connectivity index (χ0) is 29.7. The first kappa shape index (κ1) is 31.5. The molecule has 2 heterocycles. The van der Waals surface area contributed by atoms with Crippen molar-refractivity contribution < 1.29 is 10.2 Å². The van der Waals surface area contributed by atoms with Gasteiger partial charge in [0.15, 0.2) is 0 Å². The minimum absolute atomic E-state index is 0.216. The van der Waals surface area contributed by atoms with E-state index in [1.165, 1.54) is 9.59 Å². The average Bonchev–Trinajstić information content (AvgIpc) is 3.64. The van der Waals surface area contributed by atoms with Crippen LogP contribution in [0.1, 0.15) is 52.7 Å². The third kappa shape index (κ3) is 7.22. The Hall–Kier alpha value is -4.72. The standard InChI is InChI=1S/2C13H11N3O.3C2H6/c2*1-9-5-4-8-12(13(9)17)16-14-10-6-2-3-7-11(10)15-16;3*1-2/h2*2-8,17H,1H3;3*1-2H3. The zero-order valence-electron chi connectivity index (χ0n) is 24.7. The number of para-hydroxylation sites is 2. The van der Waals surface area contributed by atoms with Crippen molar-refractivity contribution in [2.45, 2.75) is 55.4 Å². The lowest BCUT2D eigenvalue weighted by Gasteiger charge is -2.04. The second-order valence-electron chi connectivity index (χ2n) is 7.84. The van der Waals surface area contributed by atoms with Gasteiger partial charge in [-0.05, 0) is 61.4 Å². The smallest absolute Gasteiger partial charge is 0.145 e. The summed E-state index contributed by atoms with van der Waals surface area (Å²) in [5.41, 5.74) is 6.07. The number of aromatic nitrogens is 6. The zero-order valence-corrected chi connectivity index (χ0v) is 24.7. The van der Waals surface area contributed by atoms with E-state index in [9.17, 15) is 10.2 Å². The second kappa shape index (κ2) is 15.6. The minimum atomic E-state index is 0.216. The predicted molar refractivity (Wildman–Crippen MR) is 165 cm³/mol. The van der Waals surface area contributed by atoms with Crippen LogP contribution >= 0.6 is 0 Å². The Morgan fingerprint density at radius 1 is 0.425 bits per heavy atom. The summed E-state index contributed by atoms with van der Waals surface area (Å²) in [5.74, 6) is 0.431. The van der Waals surface area contributed by atoms with Crippen molar-refractivity contribution in [3.63, 3.8) is 0 Å². The van der Waals surface area contributed by atoms with Crippen molar-refractivity contribution in [1.29, 1.82) is 0 Å². The van der Waals surface area contributed by atoms with E-state index < -0.39 is 0 Å². The maximum absolute atomic E-state index is 9.98. The van der Waals surface area contributed by atoms with Crippen molar-refractivity contribution in [2.75, 3.05) is 0 Å². The quantitative estimate of drug-likeness (QED) is 0.231. The summed E-state index contributed by atoms with van der Waals surface area (Å²) in [6.07, 6.45) is 0. The molecule has 6 aromatic rings. The number of fused-ring (bicyclic) bond motifs is 2. The van der Waals surface area contributed by atoms with Crippen molar-refractivity contribution in [3.05, 3.63) is 96.1 Å². The first-order valence-electron chi connectivity index (χ1n) is 13.7. The minimum Gasteiger partial charge on any atom is -0.505 e. The molecule has 0 aliphatic carbocycles. The number of hydrogen-bond donors (Lipinski definition) is 2. The predicted octanol–water partition coefficient (Wildman–Crippen LogP) is 7.95. The molecule has 0 aliphatic heterocycles. The Morgan fingerprint density at radius 2 is 0.700 bits per heavy atom. The third-order valence-electron chi connectivity index (χ3n) is 5.44. The van der Waals surface area contributed by atoms with Gasteiger partial charge >= 0.3 is 0 Å². The number of phenolic OH excluding ortho intramolecular Hbond substituents is 2. The van der Waals surface area contributed by atoms with Crippen LogP contribution in [-0.2, 0) is 0 Å². The number of aryl methyl sites for hydroxylation is 2. The molecule has 8 nitrogen and oxygen atoms in total. The normalized spacial score (nSPS) is 9.70. The Morgan fingerprint density at radius 3 is 0.975 bits per heavy atom. The summed E-state index contributed by atoms with van der Waals surface area (Å²) in [6, 6.07) is 26.3. The van der Waals surface area contributed by atoms with Crippen molar-refractivity contribution in [2.24, 2.45) is 0 Å². The maximum Gasteiger partial charge on any atom is 0.145 e. The molecule has 0 spiro atoms. The lowest BCUT2D eigenvalue weighted by Crippen LogP contribution is -1.99. The van der Waals surface area contributed by atoms with Crippen molar-refractivity contribution >= 4 is 22.1 Å². The SMILES string of the molecule is CC.CC.CC.Cc1cccc(-n2nc3ccccc3n2)c1O.Cc1cccc(-n2nc3ccccc3n2)c1O. The largest absolute Gasteiger partial charge is 0.505 e. The van der Waals surface area contributed by atoms with E-state index in [4.69, 9.17) is 0 Å². The van der Waals surface area contributed by atoms with E-state index in [1.807, 2.05) is 128 Å². The van der Waals surface area contributed by atoms with Gasteiger partial charge in [0.05, 0.1) is 0 Å². The van der Waals surface area contributed by atoms with Crippen LogP contribution in [0.5, 0.6) is 11.5 Å². The maximum atomic E-state index is 9.98. The molecule has 0 bridgehead atoms. The fraction of sp³-hybridized carbons (Fsp3) is 0.250. The van der Waals surface area contributed by atoms with Crippen LogP contribution in [0, 0.1) is 13.8 Å². The van der Waals surface area contributed by atoms with Gasteiger partial charge in [-0.1, -0.05) is 90.1 Å². The Labute approximate surface area is 236 Å². The Kier molecular flexibility index (Phi) is 12.3. The van der Waals surface area contributed by atoms with Crippen LogP contribution in [0.2, 0.25) is 0 Å². The monoisotopic (exact) mass is 540 g/mol. The highest BCUT2D eigenvalue weighted by atomic mass is 16.3. The van der Waals surface area contributed by atoms with Gasteiger partial charge in [0.1, 0.15) is 44.9 Å². The van der Waals surface area contributed by atoms with Crippen LogP contribution in [0.3, 0.4) is 0 Å². The van der Waals surface area contributed by atoms with Crippen LogP contribution in [0.15, 0.2) is 84.9 Å². The van der Waals surface area contributed by atoms with E-state index >= 15 is 0 Å². The molecule has 2 aromatic heterocycles. The van der Waals surface area contributed by atoms with Crippen LogP contribution in [0.4, 0.5) is 0 Å². The lowest BCUT2D eigenvalue weighted by atomic mass is 10.2. The van der Waals surface area contributed by atoms with E-state index in [0.29, 0.717) is 11.4 Å². The van der Waals surface area contributed by atoms with Crippen molar-refractivity contribution in [1.82, 2.24) is 30.0 Å². The van der Waals surface area contributed by atoms with Gasteiger partial charge in [-0.15, -0.1) is 30.0 Å². The number of benzene rings is 4. The lowest BCUT2D eigenvalue weighted by molar-refractivity contribution is 0.463. The molecule has 0 atom stereocenters. The number of hydrogen-bond acceptors (Lipinski definition) is 6. The fourth-order valence-corrected chi connectivity index (χ4v) is 3.54. The van der Waals surface area contributed by atoms with Gasteiger partial charge in [0, 0.05) is 0 Å². The Bertz CT molecular complexity index is 1430. The molecule has 40 heavy (non-hydrogen) atoms. The molecular weight excluding hydrogens is 500 g/mol. The number of nitrogens with zero attached hydrogens (tertiary/aromatic N) is 6. The topological polar surface area (TPSA) is 102 Å². The summed E-state index contributed by atoms with van der Waals surface area (Å²) in [6.45, 7) is 15.7. The summed E-state index contributed by atoms with van der Waals surface area (Å²) >= 11 is 0. The molecule has 0 fully saturated rings. The van der Waals surface area contributed by atoms with Crippen LogP contribution in [-0.4, -0.2) is 40.2 Å². The molecule has 0 saturated heterocycles. The van der Waals surface area contributed by atoms with E-state index in [2.05, 4.69) is 20.4 Å². The summed E-state index contributed by atoms with van der Waals surface area (Å²) in [4.78, 5) is 2.93. The third-order valence-corrected chi connectivity index (χ3v) is 5.44. The molecule has 0 radical (unpaired) electrons. The highest BCUT2D eigenvalue weighted by Crippen LogP contribution is 2.26. The molecule has 0 saturated carbocycles. The molecular formula is C32H40N6O2. The summed E-state index contributed by atoms with van der Waals surface area (Å²) in [5, 5.41) is 37.3. The van der Waals surface area contributed by atoms with Crippen LogP contribution < -0.4 is 0 Å². The number of rotatable bonds is 2. The van der Waals surface area contributed by atoms with Crippen molar-refractivity contribution in [3.8, 4) is 22.9 Å². The highest BCUT2D eigenvalue weighted by molar-refractivity contribution is 5.74. The number of phenols is 2. The van der Waals surface area contributed by atoms with E-state index in [1.54, 1.807) is 12.1 Å². The molecule has 2 N–H and O–H groups in total. The number of aromatic hydroxyl groups is 2. The van der Waals surface area contributed by atoms with E-state index in [-0.39, 0.29) is 11.5 Å². The van der Waals surface area contributed by atoms with Crippen LogP contribution in [0.25, 0.3) is 33.4 Å². The van der Waals surface area contributed by atoms with Gasteiger partial charge in [-0.25, -0.2) is 0 Å². The van der Waals surface area contributed by atoms with Gasteiger partial charge in [0.2, 0.25) is 0 Å². The summed E-state index contributed by atoms with van der Waals surface area (Å²) in [7, 11) is 0. The fourth-order valence-electron chi connectivity index (χ4n) is 3.54. The summed E-state index contributed by atoms with van der Waals surface area (Å²) < 4.78 is 0. The Balaban J connectivity index is 0.000000237. The molecule has 4 aromatic carbocycles. The molecule has 0 amide bonds. The molecule has 6 rings (SSSR count). The highest BCUT2D eigenvalue weighted by Gasteiger charge is 2.10. The first-order chi connectivity index (χ1) is 19.5. The molecule has 210 valence electrons. The average molecular weight is 541 g/mol. The van der Waals surface area contributed by atoms with Gasteiger partial charge in [-0.2, -0.15) is 0 Å². The second-order valence-corrected chi connectivity index (χ2v) is 7.84. The van der Waals surface area contributed by atoms with Gasteiger partial charge in [-0.3, -0.25) is 0 Å².